The zero-order chi connectivity index (χ0) is 20.3. The molecular weight excluding hydrogens is 512 g/mol. The second-order valence-corrected chi connectivity index (χ2v) is 6.63. The molecule has 0 aliphatic carbocycles. The van der Waals surface area contributed by atoms with Crippen LogP contribution >= 0.6 is 23.2 Å². The van der Waals surface area contributed by atoms with E-state index in [2.05, 4.69) is 0 Å². The standard InChI is InChI=1S/2C11H7ClO2.Cd/c2*12-10-8-4-2-1-3-7(8)5-6-9(10)11(13)14;/h2*1-6H,(H,13,14);/q;;+2/p-2. The molecule has 0 saturated carbocycles. The Morgan fingerprint density at radius 1 is 0.586 bits per heavy atom. The fraction of sp³-hybridized carbons (Fsp3) is 0. The van der Waals surface area contributed by atoms with Crippen molar-refractivity contribution in [2.24, 2.45) is 0 Å². The average Bonchev–Trinajstić information content (AvgIpc) is 2.69. The predicted molar refractivity (Wildman–Crippen MR) is 107 cm³/mol. The van der Waals surface area contributed by atoms with Crippen LogP contribution in [0.3, 0.4) is 0 Å². The number of rotatable bonds is 2. The molecule has 29 heavy (non-hydrogen) atoms. The summed E-state index contributed by atoms with van der Waals surface area (Å²) < 4.78 is 0. The Labute approximate surface area is 196 Å². The molecule has 0 aliphatic heterocycles. The molecule has 4 aromatic carbocycles. The zero-order valence-electron chi connectivity index (χ0n) is 15.0. The van der Waals surface area contributed by atoms with Crippen LogP contribution in [0.15, 0.2) is 72.8 Å². The van der Waals surface area contributed by atoms with Gasteiger partial charge in [-0.2, -0.15) is 0 Å². The van der Waals surface area contributed by atoms with E-state index in [0.717, 1.165) is 21.5 Å². The average molecular weight is 524 g/mol. The second kappa shape index (κ2) is 10.0. The second-order valence-electron chi connectivity index (χ2n) is 5.87. The summed E-state index contributed by atoms with van der Waals surface area (Å²) in [5, 5.41) is 25.1. The molecule has 4 rings (SSSR count). The van der Waals surface area contributed by atoms with Gasteiger partial charge in [0.15, 0.2) is 0 Å². The summed E-state index contributed by atoms with van der Waals surface area (Å²) in [5.41, 5.74) is 0.0655. The van der Waals surface area contributed by atoms with Crippen LogP contribution in [0.5, 0.6) is 0 Å². The van der Waals surface area contributed by atoms with E-state index in [0.29, 0.717) is 0 Å². The van der Waals surface area contributed by atoms with Gasteiger partial charge in [-0.1, -0.05) is 96.0 Å². The molecule has 4 aromatic rings. The first-order chi connectivity index (χ1) is 13.4. The van der Waals surface area contributed by atoms with E-state index in [1.165, 1.54) is 12.1 Å². The van der Waals surface area contributed by atoms with Crippen molar-refractivity contribution in [3.8, 4) is 0 Å². The van der Waals surface area contributed by atoms with Crippen molar-refractivity contribution in [1.82, 2.24) is 0 Å². The summed E-state index contributed by atoms with van der Waals surface area (Å²) in [5.74, 6) is -2.50. The number of hydrogen-bond donors (Lipinski definition) is 0. The van der Waals surface area contributed by atoms with Gasteiger partial charge in [-0.15, -0.1) is 0 Å². The van der Waals surface area contributed by atoms with E-state index in [-0.39, 0.29) is 48.5 Å². The Balaban J connectivity index is 0.000000200. The molecule has 0 atom stereocenters. The molecule has 0 amide bonds. The van der Waals surface area contributed by atoms with E-state index in [4.69, 9.17) is 23.2 Å². The van der Waals surface area contributed by atoms with Crippen LogP contribution in [0.1, 0.15) is 20.7 Å². The quantitative estimate of drug-likeness (QED) is 0.375. The molecule has 140 valence electrons. The Kier molecular flexibility index (Phi) is 8.01. The van der Waals surface area contributed by atoms with Gasteiger partial charge in [0.25, 0.3) is 0 Å². The largest absolute Gasteiger partial charge is 2.00 e. The molecule has 0 saturated heterocycles. The van der Waals surface area contributed by atoms with Gasteiger partial charge in [0, 0.05) is 21.9 Å². The van der Waals surface area contributed by atoms with Gasteiger partial charge in [0.2, 0.25) is 0 Å². The molecule has 4 nitrogen and oxygen atoms in total. The van der Waals surface area contributed by atoms with Crippen molar-refractivity contribution in [2.45, 2.75) is 0 Å². The number of fused-ring (bicyclic) bond motifs is 2. The maximum Gasteiger partial charge on any atom is 2.00 e. The minimum atomic E-state index is -1.25. The fourth-order valence-corrected chi connectivity index (χ4v) is 3.41. The summed E-state index contributed by atoms with van der Waals surface area (Å²) in [6.45, 7) is 0. The molecule has 0 bridgehead atoms. The Morgan fingerprint density at radius 3 is 1.28 bits per heavy atom. The van der Waals surface area contributed by atoms with Gasteiger partial charge < -0.3 is 19.8 Å². The monoisotopic (exact) mass is 524 g/mol. The van der Waals surface area contributed by atoms with Crippen molar-refractivity contribution in [1.29, 1.82) is 0 Å². The van der Waals surface area contributed by atoms with E-state index >= 15 is 0 Å². The van der Waals surface area contributed by atoms with Crippen LogP contribution < -0.4 is 10.2 Å². The molecular formula is C22H12CdCl2O4. The number of carbonyl (C=O) groups is 2. The van der Waals surface area contributed by atoms with Gasteiger partial charge in [-0.25, -0.2) is 0 Å². The topological polar surface area (TPSA) is 80.3 Å². The summed E-state index contributed by atoms with van der Waals surface area (Å²) >= 11 is 11.8. The SMILES string of the molecule is O=C([O-])c1ccc2ccccc2c1Cl.O=C([O-])c1ccc2ccccc2c1Cl.[Cd+2]. The van der Waals surface area contributed by atoms with Crippen LogP contribution in [-0.4, -0.2) is 11.9 Å². The maximum atomic E-state index is 10.7. The summed E-state index contributed by atoms with van der Waals surface area (Å²) in [6, 6.07) is 21.0. The molecule has 0 radical (unpaired) electrons. The van der Waals surface area contributed by atoms with Crippen molar-refractivity contribution >= 4 is 56.7 Å². The van der Waals surface area contributed by atoms with Crippen LogP contribution in [0.2, 0.25) is 10.0 Å². The van der Waals surface area contributed by atoms with Crippen molar-refractivity contribution in [2.75, 3.05) is 0 Å². The number of hydrogen-bond acceptors (Lipinski definition) is 4. The first-order valence-corrected chi connectivity index (χ1v) is 8.93. The minimum absolute atomic E-state index is 0. The Morgan fingerprint density at radius 2 is 0.931 bits per heavy atom. The smallest absolute Gasteiger partial charge is 0.545 e. The first-order valence-electron chi connectivity index (χ1n) is 8.17. The van der Waals surface area contributed by atoms with Crippen LogP contribution in [0, 0.1) is 0 Å². The normalized spacial score (nSPS) is 10.0. The first kappa shape index (κ1) is 23.1. The van der Waals surface area contributed by atoms with Gasteiger partial charge >= 0.3 is 27.3 Å². The number of carboxylic acid groups (broad SMARTS) is 2. The molecule has 0 aromatic heterocycles. The van der Waals surface area contributed by atoms with Crippen molar-refractivity contribution < 1.29 is 47.1 Å². The number of carboxylic acids is 2. The van der Waals surface area contributed by atoms with Gasteiger partial charge in [-0.05, 0) is 10.8 Å². The Bertz CT molecular complexity index is 1110. The molecule has 0 heterocycles. The molecule has 0 fully saturated rings. The Hall–Kier alpha value is -2.16. The molecule has 0 unspecified atom stereocenters. The predicted octanol–water partition coefficient (Wildman–Crippen LogP) is 3.71. The van der Waals surface area contributed by atoms with E-state index in [1.54, 1.807) is 24.3 Å². The third-order valence-corrected chi connectivity index (χ3v) is 4.98. The van der Waals surface area contributed by atoms with Crippen molar-refractivity contribution in [3.05, 3.63) is 94.0 Å². The number of halogens is 2. The number of carbonyl (C=O) groups excluding carboxylic acids is 2. The maximum absolute atomic E-state index is 10.7. The van der Waals surface area contributed by atoms with Gasteiger partial charge in [0.1, 0.15) is 0 Å². The molecule has 0 N–H and O–H groups in total. The third-order valence-electron chi connectivity index (χ3n) is 4.17. The zero-order valence-corrected chi connectivity index (χ0v) is 20.6. The molecule has 7 heteroatoms. The number of benzene rings is 4. The minimum Gasteiger partial charge on any atom is -0.545 e. The fourth-order valence-electron chi connectivity index (χ4n) is 2.78. The molecule has 0 spiro atoms. The number of aromatic carboxylic acids is 2. The third kappa shape index (κ3) is 5.07. The van der Waals surface area contributed by atoms with Gasteiger partial charge in [-0.3, -0.25) is 0 Å². The van der Waals surface area contributed by atoms with Crippen LogP contribution in [0.25, 0.3) is 21.5 Å². The van der Waals surface area contributed by atoms with E-state index in [9.17, 15) is 19.8 Å². The summed E-state index contributed by atoms with van der Waals surface area (Å²) in [6.07, 6.45) is 0. The van der Waals surface area contributed by atoms with E-state index < -0.39 is 11.9 Å². The van der Waals surface area contributed by atoms with E-state index in [1.807, 2.05) is 36.4 Å². The van der Waals surface area contributed by atoms with Crippen LogP contribution in [-0.2, 0) is 27.3 Å². The van der Waals surface area contributed by atoms with Crippen molar-refractivity contribution in [3.63, 3.8) is 0 Å². The molecule has 0 aliphatic rings. The van der Waals surface area contributed by atoms with Gasteiger partial charge in [0.05, 0.1) is 22.0 Å². The summed E-state index contributed by atoms with van der Waals surface area (Å²) in [7, 11) is 0. The summed E-state index contributed by atoms with van der Waals surface area (Å²) in [4.78, 5) is 21.3. The van der Waals surface area contributed by atoms with Crippen LogP contribution in [0.4, 0.5) is 0 Å².